The van der Waals surface area contributed by atoms with E-state index in [-0.39, 0.29) is 11.8 Å². The van der Waals surface area contributed by atoms with Crippen LogP contribution in [-0.4, -0.2) is 12.1 Å². The molecule has 1 aromatic carbocycles. The zero-order valence-electron chi connectivity index (χ0n) is 8.05. The predicted molar refractivity (Wildman–Crippen MR) is 60.4 cm³/mol. The number of dihydropyridines is 1. The summed E-state index contributed by atoms with van der Waals surface area (Å²) >= 11 is 0. The third-order valence-electron chi connectivity index (χ3n) is 2.80. The molecule has 3 rings (SSSR count). The van der Waals surface area contributed by atoms with Crippen molar-refractivity contribution >= 4 is 23.8 Å². The third kappa shape index (κ3) is 1.18. The van der Waals surface area contributed by atoms with Crippen LogP contribution in [0.1, 0.15) is 11.1 Å². The summed E-state index contributed by atoms with van der Waals surface area (Å²) in [6.07, 6.45) is 7.43. The number of hydrogen-bond donors (Lipinski definition) is 0. The lowest BCUT2D eigenvalue weighted by molar-refractivity contribution is -0.118. The van der Waals surface area contributed by atoms with Crippen LogP contribution in [0.15, 0.2) is 41.4 Å². The van der Waals surface area contributed by atoms with Gasteiger partial charge < -0.3 is 0 Å². The molecule has 1 heterocycles. The highest BCUT2D eigenvalue weighted by Gasteiger charge is 2.26. The molecule has 15 heavy (non-hydrogen) atoms. The standard InChI is InChI=1S/C13H9NO/c15-13-12-6-5-9-3-1-2-4-10(9)11(12)7-8-14-13/h1-8,12H. The molecule has 0 saturated heterocycles. The summed E-state index contributed by atoms with van der Waals surface area (Å²) in [5.41, 5.74) is 3.38. The first-order chi connectivity index (χ1) is 7.36. The molecule has 1 aliphatic carbocycles. The van der Waals surface area contributed by atoms with Crippen molar-refractivity contribution in [2.75, 3.05) is 0 Å². The predicted octanol–water partition coefficient (Wildman–Crippen LogP) is 2.32. The van der Waals surface area contributed by atoms with Gasteiger partial charge in [-0.05, 0) is 22.8 Å². The minimum absolute atomic E-state index is 0.0711. The van der Waals surface area contributed by atoms with Crippen molar-refractivity contribution in [3.63, 3.8) is 0 Å². The van der Waals surface area contributed by atoms with E-state index in [1.54, 1.807) is 6.21 Å². The maximum atomic E-state index is 11.5. The van der Waals surface area contributed by atoms with Gasteiger partial charge in [-0.3, -0.25) is 4.79 Å². The van der Waals surface area contributed by atoms with Crippen LogP contribution in [-0.2, 0) is 4.79 Å². The van der Waals surface area contributed by atoms with E-state index >= 15 is 0 Å². The number of carbonyl (C=O) groups excluding carboxylic acids is 1. The van der Waals surface area contributed by atoms with Gasteiger partial charge >= 0.3 is 0 Å². The van der Waals surface area contributed by atoms with Gasteiger partial charge in [0.15, 0.2) is 0 Å². The summed E-state index contributed by atoms with van der Waals surface area (Å²) < 4.78 is 0. The van der Waals surface area contributed by atoms with E-state index < -0.39 is 0 Å². The van der Waals surface area contributed by atoms with Gasteiger partial charge in [0, 0.05) is 6.21 Å². The van der Waals surface area contributed by atoms with E-state index in [4.69, 9.17) is 0 Å². The Kier molecular flexibility index (Phi) is 1.68. The number of amides is 1. The van der Waals surface area contributed by atoms with Crippen molar-refractivity contribution in [3.8, 4) is 0 Å². The van der Waals surface area contributed by atoms with Gasteiger partial charge in [0.25, 0.3) is 5.91 Å². The number of aliphatic imine (C=N–C) groups is 1. The molecule has 2 aliphatic rings. The van der Waals surface area contributed by atoms with Crippen LogP contribution in [0.4, 0.5) is 0 Å². The Morgan fingerprint density at radius 2 is 2.07 bits per heavy atom. The minimum Gasteiger partial charge on any atom is -0.272 e. The molecule has 2 nitrogen and oxygen atoms in total. The summed E-state index contributed by atoms with van der Waals surface area (Å²) in [6.45, 7) is 0. The largest absolute Gasteiger partial charge is 0.272 e. The van der Waals surface area contributed by atoms with E-state index in [9.17, 15) is 4.79 Å². The van der Waals surface area contributed by atoms with Crippen LogP contribution in [0.2, 0.25) is 0 Å². The molecule has 0 N–H and O–H groups in total. The maximum Gasteiger partial charge on any atom is 0.257 e. The highest BCUT2D eigenvalue weighted by atomic mass is 16.1. The monoisotopic (exact) mass is 195 g/mol. The Balaban J connectivity index is 2.23. The van der Waals surface area contributed by atoms with Crippen LogP contribution in [0.5, 0.6) is 0 Å². The molecule has 0 saturated carbocycles. The summed E-state index contributed by atoms with van der Waals surface area (Å²) in [6, 6.07) is 8.10. The summed E-state index contributed by atoms with van der Waals surface area (Å²) in [5.74, 6) is -0.247. The second-order valence-corrected chi connectivity index (χ2v) is 3.66. The summed E-state index contributed by atoms with van der Waals surface area (Å²) in [5, 5.41) is 0. The SMILES string of the molecule is O=C1N=CC=C2c3ccccc3C=CC12. The molecule has 1 atom stereocenters. The van der Waals surface area contributed by atoms with Crippen molar-refractivity contribution in [1.82, 2.24) is 0 Å². The first-order valence-corrected chi connectivity index (χ1v) is 4.92. The molecule has 72 valence electrons. The molecular weight excluding hydrogens is 186 g/mol. The quantitative estimate of drug-likeness (QED) is 0.624. The van der Waals surface area contributed by atoms with Crippen molar-refractivity contribution in [1.29, 1.82) is 0 Å². The van der Waals surface area contributed by atoms with Crippen LogP contribution in [0, 0.1) is 5.92 Å². The fourth-order valence-corrected chi connectivity index (χ4v) is 2.06. The van der Waals surface area contributed by atoms with Gasteiger partial charge in [0.1, 0.15) is 0 Å². The molecule has 2 heteroatoms. The van der Waals surface area contributed by atoms with E-state index in [0.717, 1.165) is 11.1 Å². The Labute approximate surface area is 87.7 Å². The molecule has 1 amide bonds. The van der Waals surface area contributed by atoms with E-state index in [1.807, 2.05) is 36.4 Å². The number of allylic oxidation sites excluding steroid dienone is 1. The van der Waals surface area contributed by atoms with Gasteiger partial charge in [-0.2, -0.15) is 0 Å². The van der Waals surface area contributed by atoms with Crippen molar-refractivity contribution < 1.29 is 4.79 Å². The maximum absolute atomic E-state index is 11.5. The summed E-state index contributed by atoms with van der Waals surface area (Å²) in [7, 11) is 0. The number of hydrogen-bond acceptors (Lipinski definition) is 1. The number of fused-ring (bicyclic) bond motifs is 3. The van der Waals surface area contributed by atoms with E-state index in [1.165, 1.54) is 5.56 Å². The molecule has 1 aliphatic heterocycles. The first-order valence-electron chi connectivity index (χ1n) is 4.92. The van der Waals surface area contributed by atoms with Crippen molar-refractivity contribution in [2.45, 2.75) is 0 Å². The Bertz CT molecular complexity index is 523. The zero-order chi connectivity index (χ0) is 10.3. The van der Waals surface area contributed by atoms with Crippen molar-refractivity contribution in [3.05, 3.63) is 47.5 Å². The first kappa shape index (κ1) is 8.36. The lowest BCUT2D eigenvalue weighted by atomic mass is 9.83. The molecule has 0 aromatic heterocycles. The minimum atomic E-state index is -0.176. The average Bonchev–Trinajstić information content (AvgIpc) is 2.29. The molecule has 0 fully saturated rings. The molecule has 0 spiro atoms. The fraction of sp³-hybridized carbons (Fsp3) is 0.0769. The van der Waals surface area contributed by atoms with Gasteiger partial charge in [-0.1, -0.05) is 36.4 Å². The average molecular weight is 195 g/mol. The number of rotatable bonds is 0. The van der Waals surface area contributed by atoms with Crippen LogP contribution >= 0.6 is 0 Å². The Morgan fingerprint density at radius 1 is 1.20 bits per heavy atom. The highest BCUT2D eigenvalue weighted by molar-refractivity contribution is 6.08. The normalized spacial score (nSPS) is 22.0. The van der Waals surface area contributed by atoms with Gasteiger partial charge in [-0.15, -0.1) is 0 Å². The lowest BCUT2D eigenvalue weighted by Crippen LogP contribution is -2.18. The Hall–Kier alpha value is -1.96. The van der Waals surface area contributed by atoms with Crippen LogP contribution in [0.3, 0.4) is 0 Å². The van der Waals surface area contributed by atoms with E-state index in [0.29, 0.717) is 0 Å². The second-order valence-electron chi connectivity index (χ2n) is 3.66. The summed E-state index contributed by atoms with van der Waals surface area (Å²) in [4.78, 5) is 15.3. The number of nitrogens with zero attached hydrogens (tertiary/aromatic N) is 1. The fourth-order valence-electron chi connectivity index (χ4n) is 2.06. The van der Waals surface area contributed by atoms with E-state index in [2.05, 4.69) is 11.1 Å². The smallest absolute Gasteiger partial charge is 0.257 e. The lowest BCUT2D eigenvalue weighted by Gasteiger charge is -2.22. The van der Waals surface area contributed by atoms with Gasteiger partial charge in [-0.25, -0.2) is 4.99 Å². The van der Waals surface area contributed by atoms with Gasteiger partial charge in [0.2, 0.25) is 0 Å². The van der Waals surface area contributed by atoms with Crippen LogP contribution in [0.25, 0.3) is 11.6 Å². The molecule has 0 bridgehead atoms. The van der Waals surface area contributed by atoms with Crippen molar-refractivity contribution in [2.24, 2.45) is 10.9 Å². The number of benzene rings is 1. The van der Waals surface area contributed by atoms with Crippen LogP contribution < -0.4 is 0 Å². The zero-order valence-corrected chi connectivity index (χ0v) is 8.05. The molecule has 0 radical (unpaired) electrons. The third-order valence-corrected chi connectivity index (χ3v) is 2.80. The number of carbonyl (C=O) groups is 1. The molecule has 1 unspecified atom stereocenters. The van der Waals surface area contributed by atoms with Gasteiger partial charge in [0.05, 0.1) is 5.92 Å². The highest BCUT2D eigenvalue weighted by Crippen LogP contribution is 2.34. The molecule has 1 aromatic rings. The second kappa shape index (κ2) is 3.02. The Morgan fingerprint density at radius 3 is 3.00 bits per heavy atom. The molecular formula is C13H9NO. The topological polar surface area (TPSA) is 29.4 Å².